The van der Waals surface area contributed by atoms with Crippen LogP contribution in [-0.4, -0.2) is 39.3 Å². The predicted molar refractivity (Wildman–Crippen MR) is 83.3 cm³/mol. The van der Waals surface area contributed by atoms with Crippen LogP contribution in [0.3, 0.4) is 0 Å². The Morgan fingerprint density at radius 1 is 1.50 bits per heavy atom. The lowest BCUT2D eigenvalue weighted by Crippen LogP contribution is -2.54. The van der Waals surface area contributed by atoms with Crippen molar-refractivity contribution in [3.63, 3.8) is 0 Å². The highest BCUT2D eigenvalue weighted by Gasteiger charge is 2.36. The summed E-state index contributed by atoms with van der Waals surface area (Å²) < 4.78 is 10.0. The molecule has 0 aromatic carbocycles. The minimum atomic E-state index is -0.685. The van der Waals surface area contributed by atoms with Crippen molar-refractivity contribution >= 4 is 29.3 Å². The van der Waals surface area contributed by atoms with Crippen molar-refractivity contribution < 1.29 is 9.53 Å². The van der Waals surface area contributed by atoms with Crippen molar-refractivity contribution in [1.82, 2.24) is 14.7 Å². The third-order valence-electron chi connectivity index (χ3n) is 2.75. The molecule has 1 rings (SSSR count). The minimum Gasteiger partial charge on any atom is -0.468 e. The monoisotopic (exact) mass is 317 g/mol. The maximum Gasteiger partial charge on any atom is 0.325 e. The van der Waals surface area contributed by atoms with Gasteiger partial charge in [0.2, 0.25) is 0 Å². The summed E-state index contributed by atoms with van der Waals surface area (Å²) in [4.78, 5) is 16.4. The summed E-state index contributed by atoms with van der Waals surface area (Å²) in [5.74, 6) is 0.563. The molecule has 20 heavy (non-hydrogen) atoms. The highest BCUT2D eigenvalue weighted by atomic mass is 32.2. The van der Waals surface area contributed by atoms with E-state index in [1.807, 2.05) is 27.7 Å². The molecule has 2 atom stereocenters. The number of aryl methyl sites for hydroxylation is 1. The predicted octanol–water partition coefficient (Wildman–Crippen LogP) is 2.65. The molecular formula is C13H23N3O2S2. The van der Waals surface area contributed by atoms with Gasteiger partial charge in [0.1, 0.15) is 11.4 Å². The van der Waals surface area contributed by atoms with Crippen molar-refractivity contribution in [2.75, 3.05) is 7.11 Å². The standard InChI is InChI=1S/C13H23N3O2S2/c1-8(2)15-13(5,11(17)18-6)7-9(3)19-12-14-10(4)16-20-12/h8-9,15H,7H2,1-6H3. The van der Waals surface area contributed by atoms with Crippen molar-refractivity contribution in [3.05, 3.63) is 5.82 Å². The highest BCUT2D eigenvalue weighted by Crippen LogP contribution is 2.30. The Kier molecular flexibility index (Phi) is 6.42. The first-order valence-electron chi connectivity index (χ1n) is 6.60. The second-order valence-electron chi connectivity index (χ2n) is 5.36. The van der Waals surface area contributed by atoms with Crippen LogP contribution in [0, 0.1) is 6.92 Å². The van der Waals surface area contributed by atoms with E-state index in [1.54, 1.807) is 11.8 Å². The second-order valence-corrected chi connectivity index (χ2v) is 7.80. The number of methoxy groups -OCH3 is 1. The number of ether oxygens (including phenoxy) is 1. The van der Waals surface area contributed by atoms with Crippen LogP contribution >= 0.6 is 23.3 Å². The summed E-state index contributed by atoms with van der Waals surface area (Å²) in [5.41, 5.74) is -0.685. The number of aromatic nitrogens is 2. The van der Waals surface area contributed by atoms with Crippen molar-refractivity contribution in [1.29, 1.82) is 0 Å². The minimum absolute atomic E-state index is 0.208. The molecular weight excluding hydrogens is 294 g/mol. The van der Waals surface area contributed by atoms with Gasteiger partial charge in [-0.1, -0.05) is 18.7 Å². The zero-order valence-electron chi connectivity index (χ0n) is 12.9. The summed E-state index contributed by atoms with van der Waals surface area (Å²) in [7, 11) is 1.43. The van der Waals surface area contributed by atoms with Crippen LogP contribution < -0.4 is 5.32 Å². The number of nitrogens with one attached hydrogen (secondary N) is 1. The molecule has 0 bridgehead atoms. The van der Waals surface area contributed by atoms with E-state index in [1.165, 1.54) is 18.6 Å². The summed E-state index contributed by atoms with van der Waals surface area (Å²) >= 11 is 3.04. The molecule has 1 heterocycles. The molecule has 0 saturated heterocycles. The van der Waals surface area contributed by atoms with E-state index >= 15 is 0 Å². The lowest BCUT2D eigenvalue weighted by Gasteiger charge is -2.32. The normalized spacial score (nSPS) is 15.9. The first kappa shape index (κ1) is 17.4. The van der Waals surface area contributed by atoms with Crippen LogP contribution in [0.15, 0.2) is 4.34 Å². The summed E-state index contributed by atoms with van der Waals surface area (Å²) in [6.45, 7) is 9.90. The summed E-state index contributed by atoms with van der Waals surface area (Å²) in [6, 6.07) is 0.208. The average molecular weight is 317 g/mol. The van der Waals surface area contributed by atoms with Crippen LogP contribution in [0.4, 0.5) is 0 Å². The molecule has 0 spiro atoms. The quantitative estimate of drug-likeness (QED) is 0.616. The van der Waals surface area contributed by atoms with Crippen LogP contribution in [0.1, 0.15) is 39.9 Å². The van der Waals surface area contributed by atoms with Crippen molar-refractivity contribution in [2.45, 2.75) is 62.2 Å². The van der Waals surface area contributed by atoms with E-state index < -0.39 is 5.54 Å². The Morgan fingerprint density at radius 3 is 2.60 bits per heavy atom. The molecule has 5 nitrogen and oxygen atoms in total. The van der Waals surface area contributed by atoms with Gasteiger partial charge in [-0.3, -0.25) is 10.1 Å². The largest absolute Gasteiger partial charge is 0.468 e. The van der Waals surface area contributed by atoms with E-state index in [4.69, 9.17) is 4.74 Å². The molecule has 2 unspecified atom stereocenters. The maximum atomic E-state index is 12.0. The van der Waals surface area contributed by atoms with E-state index in [0.717, 1.165) is 10.2 Å². The highest BCUT2D eigenvalue weighted by molar-refractivity contribution is 8.01. The maximum absolute atomic E-state index is 12.0. The molecule has 0 aliphatic heterocycles. The molecule has 1 aromatic rings. The smallest absolute Gasteiger partial charge is 0.325 e. The average Bonchev–Trinajstić information content (AvgIpc) is 2.71. The van der Waals surface area contributed by atoms with Gasteiger partial charge in [0.15, 0.2) is 4.34 Å². The van der Waals surface area contributed by atoms with E-state index in [-0.39, 0.29) is 17.3 Å². The lowest BCUT2D eigenvalue weighted by atomic mass is 9.95. The van der Waals surface area contributed by atoms with Gasteiger partial charge in [0, 0.05) is 11.3 Å². The van der Waals surface area contributed by atoms with Gasteiger partial charge >= 0.3 is 5.97 Å². The Morgan fingerprint density at radius 2 is 2.15 bits per heavy atom. The number of carbonyl (C=O) groups excluding carboxylic acids is 1. The van der Waals surface area contributed by atoms with Gasteiger partial charge in [-0.2, -0.15) is 4.37 Å². The Bertz CT molecular complexity index is 451. The fourth-order valence-corrected chi connectivity index (χ4v) is 4.32. The molecule has 1 aromatic heterocycles. The molecule has 0 aliphatic rings. The van der Waals surface area contributed by atoms with Gasteiger partial charge < -0.3 is 4.74 Å². The molecule has 114 valence electrons. The molecule has 0 radical (unpaired) electrons. The fourth-order valence-electron chi connectivity index (χ4n) is 2.18. The van der Waals surface area contributed by atoms with Gasteiger partial charge in [0.05, 0.1) is 7.11 Å². The Labute approximate surface area is 129 Å². The Balaban J connectivity index is 2.71. The molecule has 0 saturated carbocycles. The Hall–Kier alpha value is -0.660. The molecule has 1 N–H and O–H groups in total. The first-order valence-corrected chi connectivity index (χ1v) is 8.25. The summed E-state index contributed by atoms with van der Waals surface area (Å²) in [5, 5.41) is 3.54. The van der Waals surface area contributed by atoms with Gasteiger partial charge in [-0.25, -0.2) is 4.98 Å². The van der Waals surface area contributed by atoms with Crippen molar-refractivity contribution in [3.8, 4) is 0 Å². The summed E-state index contributed by atoms with van der Waals surface area (Å²) in [6.07, 6.45) is 0.668. The SMILES string of the molecule is COC(=O)C(C)(CC(C)Sc1nc(C)ns1)NC(C)C. The van der Waals surface area contributed by atoms with Crippen LogP contribution in [0.25, 0.3) is 0 Å². The first-order chi connectivity index (χ1) is 9.26. The van der Waals surface area contributed by atoms with Crippen LogP contribution in [-0.2, 0) is 9.53 Å². The zero-order chi connectivity index (χ0) is 15.3. The van der Waals surface area contributed by atoms with Crippen LogP contribution in [0.2, 0.25) is 0 Å². The van der Waals surface area contributed by atoms with Crippen LogP contribution in [0.5, 0.6) is 0 Å². The van der Waals surface area contributed by atoms with Gasteiger partial charge in [-0.05, 0) is 45.6 Å². The second kappa shape index (κ2) is 7.38. The number of carbonyl (C=O) groups is 1. The number of rotatable bonds is 7. The number of hydrogen-bond acceptors (Lipinski definition) is 7. The van der Waals surface area contributed by atoms with Crippen molar-refractivity contribution in [2.24, 2.45) is 0 Å². The van der Waals surface area contributed by atoms with Gasteiger partial charge in [0.25, 0.3) is 0 Å². The third kappa shape index (κ3) is 5.03. The topological polar surface area (TPSA) is 64.1 Å². The van der Waals surface area contributed by atoms with Gasteiger partial charge in [-0.15, -0.1) is 0 Å². The molecule has 7 heteroatoms. The fraction of sp³-hybridized carbons (Fsp3) is 0.769. The van der Waals surface area contributed by atoms with E-state index in [2.05, 4.69) is 21.6 Å². The number of thioether (sulfide) groups is 1. The number of esters is 1. The number of nitrogens with zero attached hydrogens (tertiary/aromatic N) is 2. The number of hydrogen-bond donors (Lipinski definition) is 1. The molecule has 0 aliphatic carbocycles. The van der Waals surface area contributed by atoms with E-state index in [9.17, 15) is 4.79 Å². The lowest BCUT2D eigenvalue weighted by molar-refractivity contribution is -0.148. The molecule has 0 amide bonds. The molecule has 0 fully saturated rings. The van der Waals surface area contributed by atoms with E-state index in [0.29, 0.717) is 6.42 Å². The zero-order valence-corrected chi connectivity index (χ0v) is 14.5. The third-order valence-corrected chi connectivity index (χ3v) is 4.73.